The molecule has 0 unspecified atom stereocenters. The summed E-state index contributed by atoms with van der Waals surface area (Å²) >= 11 is 0. The first-order valence-electron chi connectivity index (χ1n) is 6.56. The largest absolute Gasteiger partial charge is 0.378 e. The Kier molecular flexibility index (Phi) is 4.53. The Morgan fingerprint density at radius 2 is 1.89 bits per heavy atom. The maximum atomic E-state index is 4.15. The van der Waals surface area contributed by atoms with Crippen LogP contribution in [-0.2, 0) is 6.54 Å². The van der Waals surface area contributed by atoms with Gasteiger partial charge in [-0.3, -0.25) is 4.98 Å². The van der Waals surface area contributed by atoms with Gasteiger partial charge in [-0.1, -0.05) is 18.2 Å². The molecule has 1 heterocycles. The number of hydrogen-bond acceptors (Lipinski definition) is 3. The number of hydrogen-bond donors (Lipinski definition) is 1. The van der Waals surface area contributed by atoms with E-state index in [4.69, 9.17) is 0 Å². The Balaban J connectivity index is 1.92. The summed E-state index contributed by atoms with van der Waals surface area (Å²) in [6.07, 6.45) is 3.71. The lowest BCUT2D eigenvalue weighted by Gasteiger charge is -2.15. The van der Waals surface area contributed by atoms with Gasteiger partial charge >= 0.3 is 0 Å². The fourth-order valence-corrected chi connectivity index (χ4v) is 1.93. The Morgan fingerprint density at radius 3 is 2.47 bits per heavy atom. The minimum atomic E-state index is 0.308. The predicted octanol–water partition coefficient (Wildman–Crippen LogP) is 3.00. The van der Waals surface area contributed by atoms with Gasteiger partial charge < -0.3 is 10.2 Å². The van der Waals surface area contributed by atoms with Crippen molar-refractivity contribution in [3.05, 3.63) is 59.9 Å². The number of pyridine rings is 1. The molecular formula is C16H21N3. The van der Waals surface area contributed by atoms with Gasteiger partial charge in [0.2, 0.25) is 0 Å². The van der Waals surface area contributed by atoms with Gasteiger partial charge in [-0.2, -0.15) is 0 Å². The molecule has 19 heavy (non-hydrogen) atoms. The van der Waals surface area contributed by atoms with E-state index in [1.807, 2.05) is 12.3 Å². The molecule has 100 valence electrons. The standard InChI is InChI=1S/C16H21N3/c1-13(15-5-4-10-17-12-15)18-11-14-6-8-16(9-7-14)19(2)3/h4-10,12-13,18H,11H2,1-3H3/t13-/m0/s1. The van der Waals surface area contributed by atoms with Gasteiger partial charge in [0, 0.05) is 44.8 Å². The molecule has 0 saturated heterocycles. The highest BCUT2D eigenvalue weighted by Gasteiger charge is 2.04. The van der Waals surface area contributed by atoms with Crippen LogP contribution in [0.25, 0.3) is 0 Å². The normalized spacial score (nSPS) is 12.2. The maximum Gasteiger partial charge on any atom is 0.0361 e. The van der Waals surface area contributed by atoms with Gasteiger partial charge in [0.25, 0.3) is 0 Å². The lowest BCUT2D eigenvalue weighted by Crippen LogP contribution is -2.18. The van der Waals surface area contributed by atoms with Crippen LogP contribution in [0.3, 0.4) is 0 Å². The first kappa shape index (κ1) is 13.6. The third kappa shape index (κ3) is 3.80. The van der Waals surface area contributed by atoms with Crippen molar-refractivity contribution in [3.63, 3.8) is 0 Å². The molecular weight excluding hydrogens is 234 g/mol. The van der Waals surface area contributed by atoms with Crippen molar-refractivity contribution in [2.75, 3.05) is 19.0 Å². The topological polar surface area (TPSA) is 28.2 Å². The molecule has 1 aromatic carbocycles. The molecule has 3 heteroatoms. The quantitative estimate of drug-likeness (QED) is 0.890. The van der Waals surface area contributed by atoms with Gasteiger partial charge in [-0.05, 0) is 36.2 Å². The van der Waals surface area contributed by atoms with Gasteiger partial charge in [0.15, 0.2) is 0 Å². The molecule has 0 radical (unpaired) electrons. The van der Waals surface area contributed by atoms with Crippen LogP contribution in [0.15, 0.2) is 48.8 Å². The van der Waals surface area contributed by atoms with Crippen molar-refractivity contribution in [1.82, 2.24) is 10.3 Å². The highest BCUT2D eigenvalue weighted by molar-refractivity contribution is 5.45. The zero-order chi connectivity index (χ0) is 13.7. The number of benzene rings is 1. The molecule has 1 N–H and O–H groups in total. The Labute approximate surface area is 115 Å². The molecule has 0 aliphatic heterocycles. The molecule has 2 rings (SSSR count). The number of anilines is 1. The summed E-state index contributed by atoms with van der Waals surface area (Å²) in [7, 11) is 4.11. The van der Waals surface area contributed by atoms with E-state index >= 15 is 0 Å². The molecule has 1 aromatic heterocycles. The first-order chi connectivity index (χ1) is 9.16. The van der Waals surface area contributed by atoms with Crippen LogP contribution in [0.2, 0.25) is 0 Å². The van der Waals surface area contributed by atoms with Crippen LogP contribution < -0.4 is 10.2 Å². The minimum absolute atomic E-state index is 0.308. The van der Waals surface area contributed by atoms with E-state index < -0.39 is 0 Å². The van der Waals surface area contributed by atoms with E-state index in [0.717, 1.165) is 6.54 Å². The third-order valence-electron chi connectivity index (χ3n) is 3.25. The van der Waals surface area contributed by atoms with Crippen molar-refractivity contribution in [3.8, 4) is 0 Å². The molecule has 0 amide bonds. The summed E-state index contributed by atoms with van der Waals surface area (Å²) in [4.78, 5) is 6.25. The van der Waals surface area contributed by atoms with E-state index in [1.165, 1.54) is 16.8 Å². The van der Waals surface area contributed by atoms with E-state index in [2.05, 4.69) is 66.6 Å². The van der Waals surface area contributed by atoms with Crippen molar-refractivity contribution < 1.29 is 0 Å². The molecule has 0 aliphatic carbocycles. The van der Waals surface area contributed by atoms with Crippen LogP contribution in [0.1, 0.15) is 24.1 Å². The summed E-state index contributed by atoms with van der Waals surface area (Å²) in [5.74, 6) is 0. The lowest BCUT2D eigenvalue weighted by molar-refractivity contribution is 0.573. The summed E-state index contributed by atoms with van der Waals surface area (Å²) in [6.45, 7) is 3.02. The van der Waals surface area contributed by atoms with Crippen molar-refractivity contribution >= 4 is 5.69 Å². The van der Waals surface area contributed by atoms with E-state index in [9.17, 15) is 0 Å². The lowest BCUT2D eigenvalue weighted by atomic mass is 10.1. The Bertz CT molecular complexity index is 491. The third-order valence-corrected chi connectivity index (χ3v) is 3.25. The van der Waals surface area contributed by atoms with Crippen LogP contribution in [0, 0.1) is 0 Å². The molecule has 0 saturated carbocycles. The SMILES string of the molecule is C[C@H](NCc1ccc(N(C)C)cc1)c1cccnc1. The van der Waals surface area contributed by atoms with Crippen LogP contribution >= 0.6 is 0 Å². The van der Waals surface area contributed by atoms with Crippen LogP contribution in [0.5, 0.6) is 0 Å². The fourth-order valence-electron chi connectivity index (χ4n) is 1.93. The van der Waals surface area contributed by atoms with E-state index in [0.29, 0.717) is 6.04 Å². The van der Waals surface area contributed by atoms with Gasteiger partial charge in [-0.25, -0.2) is 0 Å². The number of nitrogens with zero attached hydrogens (tertiary/aromatic N) is 2. The predicted molar refractivity (Wildman–Crippen MR) is 80.3 cm³/mol. The molecule has 0 bridgehead atoms. The molecule has 3 nitrogen and oxygen atoms in total. The molecule has 1 atom stereocenters. The van der Waals surface area contributed by atoms with Crippen molar-refractivity contribution in [1.29, 1.82) is 0 Å². The minimum Gasteiger partial charge on any atom is -0.378 e. The van der Waals surface area contributed by atoms with Gasteiger partial charge in [-0.15, -0.1) is 0 Å². The van der Waals surface area contributed by atoms with Crippen LogP contribution in [-0.4, -0.2) is 19.1 Å². The Hall–Kier alpha value is -1.87. The van der Waals surface area contributed by atoms with E-state index in [-0.39, 0.29) is 0 Å². The summed E-state index contributed by atoms with van der Waals surface area (Å²) in [5, 5.41) is 3.51. The number of rotatable bonds is 5. The second-order valence-corrected chi connectivity index (χ2v) is 4.95. The smallest absolute Gasteiger partial charge is 0.0361 e. The highest BCUT2D eigenvalue weighted by atomic mass is 15.1. The van der Waals surface area contributed by atoms with Crippen molar-refractivity contribution in [2.45, 2.75) is 19.5 Å². The highest BCUT2D eigenvalue weighted by Crippen LogP contribution is 2.14. The molecule has 0 fully saturated rings. The Morgan fingerprint density at radius 1 is 1.16 bits per heavy atom. The van der Waals surface area contributed by atoms with E-state index in [1.54, 1.807) is 6.20 Å². The van der Waals surface area contributed by atoms with Gasteiger partial charge in [0.05, 0.1) is 0 Å². The zero-order valence-electron chi connectivity index (χ0n) is 11.8. The average molecular weight is 255 g/mol. The zero-order valence-corrected chi connectivity index (χ0v) is 11.8. The fraction of sp³-hybridized carbons (Fsp3) is 0.312. The first-order valence-corrected chi connectivity index (χ1v) is 6.56. The van der Waals surface area contributed by atoms with Crippen LogP contribution in [0.4, 0.5) is 5.69 Å². The molecule has 0 spiro atoms. The molecule has 2 aromatic rings. The summed E-state index contributed by atoms with van der Waals surface area (Å²) in [6, 6.07) is 13.0. The number of aromatic nitrogens is 1. The number of nitrogens with one attached hydrogen (secondary N) is 1. The second kappa shape index (κ2) is 6.34. The average Bonchev–Trinajstić information content (AvgIpc) is 2.46. The summed E-state index contributed by atoms with van der Waals surface area (Å²) < 4.78 is 0. The van der Waals surface area contributed by atoms with Gasteiger partial charge in [0.1, 0.15) is 0 Å². The van der Waals surface area contributed by atoms with Crippen molar-refractivity contribution in [2.24, 2.45) is 0 Å². The monoisotopic (exact) mass is 255 g/mol. The maximum absolute atomic E-state index is 4.15. The summed E-state index contributed by atoms with van der Waals surface area (Å²) in [5.41, 5.74) is 3.73. The molecule has 0 aliphatic rings. The second-order valence-electron chi connectivity index (χ2n) is 4.95.